The summed E-state index contributed by atoms with van der Waals surface area (Å²) in [6.45, 7) is 0. The number of hydrogen-bond acceptors (Lipinski definition) is 2. The van der Waals surface area contributed by atoms with E-state index in [-0.39, 0.29) is 5.69 Å². The Kier molecular flexibility index (Phi) is 5.77. The van der Waals surface area contributed by atoms with Gasteiger partial charge in [0.15, 0.2) is 0 Å². The second kappa shape index (κ2) is 8.13. The minimum Gasteiger partial charge on any atom is -0.428 e. The SMILES string of the molecule is O=C(Nc1ccccc1OC(F)(F)C(F)C(F)(F)F)Nc1cccc2ccccc12. The van der Waals surface area contributed by atoms with Crippen LogP contribution in [-0.2, 0) is 0 Å². The molecule has 1 unspecified atom stereocenters. The van der Waals surface area contributed by atoms with E-state index in [0.29, 0.717) is 11.1 Å². The van der Waals surface area contributed by atoms with Crippen molar-refractivity contribution in [3.8, 4) is 5.75 Å². The lowest BCUT2D eigenvalue weighted by molar-refractivity contribution is -0.304. The number of alkyl halides is 6. The number of carbonyl (C=O) groups is 1. The first-order chi connectivity index (χ1) is 14.1. The molecule has 1 atom stereocenters. The van der Waals surface area contributed by atoms with Gasteiger partial charge < -0.3 is 15.4 Å². The van der Waals surface area contributed by atoms with Gasteiger partial charge in [-0.2, -0.15) is 22.0 Å². The topological polar surface area (TPSA) is 50.4 Å². The summed E-state index contributed by atoms with van der Waals surface area (Å²) in [5.74, 6) is -0.831. The van der Waals surface area contributed by atoms with E-state index in [2.05, 4.69) is 15.4 Å². The van der Waals surface area contributed by atoms with Crippen molar-refractivity contribution in [3.05, 3.63) is 66.7 Å². The van der Waals surface area contributed by atoms with Crippen molar-refractivity contribution in [2.45, 2.75) is 18.5 Å². The molecule has 2 N–H and O–H groups in total. The highest BCUT2D eigenvalue weighted by atomic mass is 19.4. The van der Waals surface area contributed by atoms with Gasteiger partial charge in [0.1, 0.15) is 5.75 Å². The van der Waals surface area contributed by atoms with Crippen LogP contribution in [-0.4, -0.2) is 24.5 Å². The quantitative estimate of drug-likeness (QED) is 0.465. The van der Waals surface area contributed by atoms with Crippen LogP contribution in [0.25, 0.3) is 10.8 Å². The highest BCUT2D eigenvalue weighted by Gasteiger charge is 2.59. The van der Waals surface area contributed by atoms with Gasteiger partial charge in [-0.25, -0.2) is 9.18 Å². The number of nitrogens with one attached hydrogen (secondary N) is 2. The summed E-state index contributed by atoms with van der Waals surface area (Å²) in [7, 11) is 0. The second-order valence-corrected chi connectivity index (χ2v) is 6.17. The maximum Gasteiger partial charge on any atom is 0.439 e. The van der Waals surface area contributed by atoms with E-state index >= 15 is 0 Å². The Morgan fingerprint density at radius 3 is 2.10 bits per heavy atom. The number of ether oxygens (including phenoxy) is 1. The molecule has 2 amide bonds. The summed E-state index contributed by atoms with van der Waals surface area (Å²) in [6.07, 6.45) is -15.6. The van der Waals surface area contributed by atoms with Gasteiger partial charge in [-0.05, 0) is 23.6 Å². The molecule has 0 bridgehead atoms. The van der Waals surface area contributed by atoms with Crippen LogP contribution in [0.3, 0.4) is 0 Å². The molecule has 3 aromatic carbocycles. The summed E-state index contributed by atoms with van der Waals surface area (Å²) in [5, 5.41) is 6.27. The Morgan fingerprint density at radius 1 is 0.800 bits per heavy atom. The van der Waals surface area contributed by atoms with E-state index in [1.54, 1.807) is 30.3 Å². The number of para-hydroxylation sites is 2. The number of fused-ring (bicyclic) bond motifs is 1. The van der Waals surface area contributed by atoms with Crippen molar-refractivity contribution in [1.82, 2.24) is 0 Å². The number of anilines is 2. The van der Waals surface area contributed by atoms with E-state index in [0.717, 1.165) is 17.5 Å². The van der Waals surface area contributed by atoms with E-state index in [1.165, 1.54) is 12.1 Å². The Balaban J connectivity index is 1.78. The van der Waals surface area contributed by atoms with Crippen LogP contribution in [0.15, 0.2) is 66.7 Å². The molecule has 0 spiro atoms. The lowest BCUT2D eigenvalue weighted by Crippen LogP contribution is -2.45. The molecule has 0 aliphatic rings. The molecule has 0 heterocycles. The second-order valence-electron chi connectivity index (χ2n) is 6.17. The predicted molar refractivity (Wildman–Crippen MR) is 99.6 cm³/mol. The van der Waals surface area contributed by atoms with Gasteiger partial charge in [0.25, 0.3) is 6.17 Å². The molecule has 30 heavy (non-hydrogen) atoms. The minimum atomic E-state index is -5.82. The molecule has 0 saturated heterocycles. The zero-order chi connectivity index (χ0) is 21.9. The molecule has 0 fully saturated rings. The van der Waals surface area contributed by atoms with E-state index in [9.17, 15) is 31.1 Å². The van der Waals surface area contributed by atoms with Gasteiger partial charge in [0, 0.05) is 5.39 Å². The van der Waals surface area contributed by atoms with Crippen molar-refractivity contribution in [1.29, 1.82) is 0 Å². The smallest absolute Gasteiger partial charge is 0.428 e. The molecule has 0 aliphatic heterocycles. The first-order valence-corrected chi connectivity index (χ1v) is 8.50. The van der Waals surface area contributed by atoms with Crippen LogP contribution < -0.4 is 15.4 Å². The largest absolute Gasteiger partial charge is 0.439 e. The zero-order valence-electron chi connectivity index (χ0n) is 15.0. The highest BCUT2D eigenvalue weighted by Crippen LogP contribution is 2.38. The van der Waals surface area contributed by atoms with Crippen molar-refractivity contribution in [3.63, 3.8) is 0 Å². The summed E-state index contributed by atoms with van der Waals surface area (Å²) in [4.78, 5) is 12.3. The van der Waals surface area contributed by atoms with E-state index < -0.39 is 30.2 Å². The fourth-order valence-electron chi connectivity index (χ4n) is 2.66. The molecular formula is C20H14F6N2O2. The normalized spacial score (nSPS) is 13.0. The average molecular weight is 428 g/mol. The summed E-state index contributed by atoms with van der Waals surface area (Å²) < 4.78 is 81.2. The molecule has 0 saturated carbocycles. The molecule has 0 aromatic heterocycles. The first-order valence-electron chi connectivity index (χ1n) is 8.50. The average Bonchev–Trinajstić information content (AvgIpc) is 2.68. The number of urea groups is 1. The van der Waals surface area contributed by atoms with Crippen LogP contribution in [0, 0.1) is 0 Å². The summed E-state index contributed by atoms with van der Waals surface area (Å²) in [6, 6.07) is 15.9. The number of amides is 2. The van der Waals surface area contributed by atoms with E-state index in [1.807, 2.05) is 12.1 Å². The van der Waals surface area contributed by atoms with Crippen molar-refractivity contribution in [2.24, 2.45) is 0 Å². The molecule has 158 valence electrons. The highest BCUT2D eigenvalue weighted by molar-refractivity contribution is 6.06. The maximum atomic E-state index is 13.6. The van der Waals surface area contributed by atoms with Crippen LogP contribution in [0.1, 0.15) is 0 Å². The third-order valence-corrected chi connectivity index (χ3v) is 4.00. The monoisotopic (exact) mass is 428 g/mol. The summed E-state index contributed by atoms with van der Waals surface area (Å²) in [5.41, 5.74) is 0.0412. The third kappa shape index (κ3) is 4.76. The lowest BCUT2D eigenvalue weighted by Gasteiger charge is -2.24. The van der Waals surface area contributed by atoms with Gasteiger partial charge in [-0.3, -0.25) is 0 Å². The minimum absolute atomic E-state index is 0.371. The van der Waals surface area contributed by atoms with Gasteiger partial charge in [0.05, 0.1) is 11.4 Å². The molecule has 0 radical (unpaired) electrons. The van der Waals surface area contributed by atoms with Gasteiger partial charge in [0.2, 0.25) is 0 Å². The molecule has 10 heteroatoms. The number of carbonyl (C=O) groups excluding carboxylic acids is 1. The molecule has 0 aliphatic carbocycles. The molecule has 4 nitrogen and oxygen atoms in total. The molecule has 3 rings (SSSR count). The van der Waals surface area contributed by atoms with Crippen LogP contribution in [0.2, 0.25) is 0 Å². The van der Waals surface area contributed by atoms with E-state index in [4.69, 9.17) is 0 Å². The Hall–Kier alpha value is -3.43. The van der Waals surface area contributed by atoms with Crippen molar-refractivity contribution in [2.75, 3.05) is 10.6 Å². The number of benzene rings is 3. The van der Waals surface area contributed by atoms with Gasteiger partial charge >= 0.3 is 18.3 Å². The summed E-state index contributed by atoms with van der Waals surface area (Å²) >= 11 is 0. The Labute approximate surface area is 166 Å². The lowest BCUT2D eigenvalue weighted by atomic mass is 10.1. The Bertz CT molecular complexity index is 1050. The number of halogens is 6. The predicted octanol–water partition coefficient (Wildman–Crippen LogP) is 6.36. The van der Waals surface area contributed by atoms with Gasteiger partial charge in [-0.1, -0.05) is 48.5 Å². The first kappa shape index (κ1) is 21.3. The Morgan fingerprint density at radius 2 is 1.37 bits per heavy atom. The number of hydrogen-bond donors (Lipinski definition) is 2. The van der Waals surface area contributed by atoms with Crippen molar-refractivity contribution < 1.29 is 35.9 Å². The zero-order valence-corrected chi connectivity index (χ0v) is 15.0. The van der Waals surface area contributed by atoms with Crippen LogP contribution in [0.5, 0.6) is 5.75 Å². The van der Waals surface area contributed by atoms with Crippen LogP contribution in [0.4, 0.5) is 42.5 Å². The molecule has 3 aromatic rings. The van der Waals surface area contributed by atoms with Crippen molar-refractivity contribution >= 4 is 28.2 Å². The fourth-order valence-corrected chi connectivity index (χ4v) is 2.66. The molecular weight excluding hydrogens is 414 g/mol. The standard InChI is InChI=1S/C20H14F6N2O2/c21-17(19(22,23)24)20(25,26)30-16-11-4-3-9-15(16)28-18(29)27-14-10-5-7-12-6-1-2-8-13(12)14/h1-11,17H,(H2,27,28,29). The van der Waals surface area contributed by atoms with Gasteiger partial charge in [-0.15, -0.1) is 0 Å². The fraction of sp³-hybridized carbons (Fsp3) is 0.150. The number of rotatable bonds is 5. The van der Waals surface area contributed by atoms with Crippen LogP contribution >= 0.6 is 0 Å². The third-order valence-electron chi connectivity index (χ3n) is 4.00. The maximum absolute atomic E-state index is 13.6.